The summed E-state index contributed by atoms with van der Waals surface area (Å²) in [6, 6.07) is -0.146. The standard InChI is InChI=1S/C6H12N2O3/c7-1-3-4(8)5-6(11-3)10-2-9-5/h3-6H,1-2,7-8H2. The molecular weight excluding hydrogens is 148 g/mol. The Morgan fingerprint density at radius 3 is 2.82 bits per heavy atom. The van der Waals surface area contributed by atoms with Crippen molar-refractivity contribution >= 4 is 0 Å². The van der Waals surface area contributed by atoms with Crippen LogP contribution in [0.3, 0.4) is 0 Å². The Kier molecular flexibility index (Phi) is 1.82. The number of ether oxygens (including phenoxy) is 3. The fourth-order valence-corrected chi connectivity index (χ4v) is 1.45. The van der Waals surface area contributed by atoms with E-state index < -0.39 is 0 Å². The molecule has 4 atom stereocenters. The molecular formula is C6H12N2O3. The minimum absolute atomic E-state index is 0.120. The lowest BCUT2D eigenvalue weighted by Gasteiger charge is -2.14. The average Bonchev–Trinajstić information content (AvgIpc) is 2.53. The van der Waals surface area contributed by atoms with E-state index in [9.17, 15) is 0 Å². The summed E-state index contributed by atoms with van der Waals surface area (Å²) in [4.78, 5) is 0. The Bertz CT molecular complexity index is 155. The maximum Gasteiger partial charge on any atom is 0.188 e. The zero-order valence-electron chi connectivity index (χ0n) is 6.10. The van der Waals surface area contributed by atoms with Crippen LogP contribution in [0.2, 0.25) is 0 Å². The summed E-state index contributed by atoms with van der Waals surface area (Å²) in [6.45, 7) is 0.696. The predicted molar refractivity (Wildman–Crippen MR) is 36.5 cm³/mol. The van der Waals surface area contributed by atoms with Gasteiger partial charge in [0.05, 0.1) is 12.1 Å². The van der Waals surface area contributed by atoms with Crippen LogP contribution in [-0.4, -0.2) is 37.9 Å². The van der Waals surface area contributed by atoms with Gasteiger partial charge in [0.15, 0.2) is 13.1 Å². The van der Waals surface area contributed by atoms with Crippen molar-refractivity contribution in [2.75, 3.05) is 13.3 Å². The zero-order chi connectivity index (χ0) is 7.84. The van der Waals surface area contributed by atoms with Crippen molar-refractivity contribution < 1.29 is 14.2 Å². The quantitative estimate of drug-likeness (QED) is 0.481. The van der Waals surface area contributed by atoms with Crippen molar-refractivity contribution in [3.8, 4) is 0 Å². The van der Waals surface area contributed by atoms with Crippen molar-refractivity contribution in [2.24, 2.45) is 11.5 Å². The second-order valence-corrected chi connectivity index (χ2v) is 2.77. The van der Waals surface area contributed by atoms with Gasteiger partial charge in [-0.05, 0) is 0 Å². The normalized spacial score (nSPS) is 49.6. The zero-order valence-corrected chi connectivity index (χ0v) is 6.10. The summed E-state index contributed by atoms with van der Waals surface area (Å²) < 4.78 is 15.6. The second-order valence-electron chi connectivity index (χ2n) is 2.77. The van der Waals surface area contributed by atoms with Gasteiger partial charge in [-0.15, -0.1) is 0 Å². The highest BCUT2D eigenvalue weighted by Crippen LogP contribution is 2.27. The van der Waals surface area contributed by atoms with E-state index in [4.69, 9.17) is 25.7 Å². The summed E-state index contributed by atoms with van der Waals surface area (Å²) in [5.41, 5.74) is 11.2. The monoisotopic (exact) mass is 160 g/mol. The smallest absolute Gasteiger partial charge is 0.188 e. The fraction of sp³-hybridized carbons (Fsp3) is 1.00. The van der Waals surface area contributed by atoms with Crippen molar-refractivity contribution in [3.63, 3.8) is 0 Å². The van der Waals surface area contributed by atoms with Crippen LogP contribution in [0.5, 0.6) is 0 Å². The molecule has 64 valence electrons. The summed E-state index contributed by atoms with van der Waals surface area (Å²) in [5.74, 6) is 0. The first-order valence-corrected chi connectivity index (χ1v) is 3.67. The number of fused-ring (bicyclic) bond motifs is 1. The molecule has 0 aromatic rings. The van der Waals surface area contributed by atoms with E-state index in [-0.39, 0.29) is 31.3 Å². The lowest BCUT2D eigenvalue weighted by atomic mass is 10.1. The summed E-state index contributed by atoms with van der Waals surface area (Å²) in [5, 5.41) is 0. The van der Waals surface area contributed by atoms with E-state index in [2.05, 4.69) is 0 Å². The molecule has 11 heavy (non-hydrogen) atoms. The number of hydrogen-bond donors (Lipinski definition) is 2. The molecule has 0 radical (unpaired) electrons. The largest absolute Gasteiger partial charge is 0.345 e. The third kappa shape index (κ3) is 1.05. The minimum atomic E-state index is -0.293. The molecule has 0 aliphatic carbocycles. The van der Waals surface area contributed by atoms with Gasteiger partial charge in [0.25, 0.3) is 0 Å². The van der Waals surface area contributed by atoms with Crippen LogP contribution in [-0.2, 0) is 14.2 Å². The summed E-state index contributed by atoms with van der Waals surface area (Å²) in [7, 11) is 0. The number of nitrogens with two attached hydrogens (primary N) is 2. The van der Waals surface area contributed by atoms with E-state index in [1.165, 1.54) is 0 Å². The van der Waals surface area contributed by atoms with E-state index in [1.54, 1.807) is 0 Å². The van der Waals surface area contributed by atoms with Crippen LogP contribution < -0.4 is 11.5 Å². The SMILES string of the molecule is NCC1OC2OCOC2C1N. The molecule has 2 aliphatic rings. The van der Waals surface area contributed by atoms with E-state index in [0.717, 1.165) is 0 Å². The highest BCUT2D eigenvalue weighted by Gasteiger charge is 2.46. The van der Waals surface area contributed by atoms with Gasteiger partial charge in [-0.1, -0.05) is 0 Å². The van der Waals surface area contributed by atoms with Crippen LogP contribution in [0.15, 0.2) is 0 Å². The van der Waals surface area contributed by atoms with Crippen molar-refractivity contribution in [1.82, 2.24) is 0 Å². The third-order valence-electron chi connectivity index (χ3n) is 2.11. The highest BCUT2D eigenvalue weighted by molar-refractivity contribution is 4.92. The topological polar surface area (TPSA) is 79.7 Å². The number of hydrogen-bond acceptors (Lipinski definition) is 5. The van der Waals surface area contributed by atoms with Crippen LogP contribution in [0, 0.1) is 0 Å². The maximum atomic E-state index is 5.76. The van der Waals surface area contributed by atoms with Gasteiger partial charge in [-0.25, -0.2) is 0 Å². The molecule has 2 fully saturated rings. The van der Waals surface area contributed by atoms with E-state index >= 15 is 0 Å². The molecule has 4 unspecified atom stereocenters. The molecule has 0 aromatic carbocycles. The first kappa shape index (κ1) is 7.45. The molecule has 2 saturated heterocycles. The lowest BCUT2D eigenvalue weighted by Crippen LogP contribution is -2.43. The first-order chi connectivity index (χ1) is 5.33. The summed E-state index contributed by atoms with van der Waals surface area (Å²) >= 11 is 0. The van der Waals surface area contributed by atoms with Crippen LogP contribution in [0.1, 0.15) is 0 Å². The molecule has 2 aliphatic heterocycles. The molecule has 0 spiro atoms. The van der Waals surface area contributed by atoms with Gasteiger partial charge in [0.1, 0.15) is 6.10 Å². The van der Waals surface area contributed by atoms with Crippen molar-refractivity contribution in [3.05, 3.63) is 0 Å². The Morgan fingerprint density at radius 1 is 1.36 bits per heavy atom. The second kappa shape index (κ2) is 2.69. The number of rotatable bonds is 1. The van der Waals surface area contributed by atoms with Gasteiger partial charge >= 0.3 is 0 Å². The highest BCUT2D eigenvalue weighted by atomic mass is 16.8. The molecule has 0 bridgehead atoms. The predicted octanol–water partition coefficient (Wildman–Crippen LogP) is -1.63. The first-order valence-electron chi connectivity index (χ1n) is 3.67. The third-order valence-corrected chi connectivity index (χ3v) is 2.11. The fourth-order valence-electron chi connectivity index (χ4n) is 1.45. The minimum Gasteiger partial charge on any atom is -0.345 e. The Morgan fingerprint density at radius 2 is 2.18 bits per heavy atom. The molecule has 5 heteroatoms. The van der Waals surface area contributed by atoms with Crippen molar-refractivity contribution in [1.29, 1.82) is 0 Å². The van der Waals surface area contributed by atoms with Gasteiger partial charge in [0.2, 0.25) is 0 Å². The van der Waals surface area contributed by atoms with Gasteiger partial charge in [0, 0.05) is 6.54 Å². The molecule has 0 aromatic heterocycles. The van der Waals surface area contributed by atoms with Crippen LogP contribution in [0.4, 0.5) is 0 Å². The Hall–Kier alpha value is -0.200. The Balaban J connectivity index is 2.04. The van der Waals surface area contributed by atoms with E-state index in [1.807, 2.05) is 0 Å². The van der Waals surface area contributed by atoms with Crippen LogP contribution >= 0.6 is 0 Å². The summed E-state index contributed by atoms with van der Waals surface area (Å²) in [6.07, 6.45) is -0.535. The van der Waals surface area contributed by atoms with Gasteiger partial charge in [-0.2, -0.15) is 0 Å². The molecule has 0 amide bonds. The molecule has 4 N–H and O–H groups in total. The molecule has 5 nitrogen and oxygen atoms in total. The Labute approximate surface area is 64.6 Å². The van der Waals surface area contributed by atoms with Crippen molar-refractivity contribution in [2.45, 2.75) is 24.5 Å². The average molecular weight is 160 g/mol. The van der Waals surface area contributed by atoms with Gasteiger partial charge < -0.3 is 25.7 Å². The maximum absolute atomic E-state index is 5.76. The molecule has 2 heterocycles. The van der Waals surface area contributed by atoms with Crippen LogP contribution in [0.25, 0.3) is 0 Å². The van der Waals surface area contributed by atoms with E-state index in [0.29, 0.717) is 6.54 Å². The van der Waals surface area contributed by atoms with Gasteiger partial charge in [-0.3, -0.25) is 0 Å². The molecule has 2 rings (SSSR count). The molecule has 0 saturated carbocycles. The lowest BCUT2D eigenvalue weighted by molar-refractivity contribution is -0.114.